The van der Waals surface area contributed by atoms with Crippen LogP contribution in [0.25, 0.3) is 11.2 Å². The lowest BCUT2D eigenvalue weighted by Gasteiger charge is -2.05. The minimum atomic E-state index is -0.541. The highest BCUT2D eigenvalue weighted by Gasteiger charge is 2.16. The minimum Gasteiger partial charge on any atom is -0.494 e. The first-order chi connectivity index (χ1) is 13.9. The summed E-state index contributed by atoms with van der Waals surface area (Å²) >= 11 is 5.94. The molecule has 3 aromatic rings. The molecule has 0 aliphatic carbocycles. The highest BCUT2D eigenvalue weighted by molar-refractivity contribution is 6.29. The average molecular weight is 417 g/mol. The summed E-state index contributed by atoms with van der Waals surface area (Å²) in [5.41, 5.74) is 3.12. The van der Waals surface area contributed by atoms with Gasteiger partial charge in [-0.3, -0.25) is 18.9 Å². The molecule has 10 heteroatoms. The van der Waals surface area contributed by atoms with Gasteiger partial charge in [-0.2, -0.15) is 10.1 Å². The zero-order valence-corrected chi connectivity index (χ0v) is 17.0. The van der Waals surface area contributed by atoms with Crippen LogP contribution < -0.4 is 21.4 Å². The second kappa shape index (κ2) is 8.78. The minimum absolute atomic E-state index is 0.248. The Morgan fingerprint density at radius 1 is 1.34 bits per heavy atom. The number of aryl methyl sites for hydroxylation is 1. The Morgan fingerprint density at radius 2 is 2.07 bits per heavy atom. The number of benzene rings is 1. The van der Waals surface area contributed by atoms with Crippen molar-refractivity contribution >= 4 is 34.9 Å². The lowest BCUT2D eigenvalue weighted by molar-refractivity contribution is 0.340. The van der Waals surface area contributed by atoms with E-state index < -0.39 is 11.2 Å². The van der Waals surface area contributed by atoms with Crippen LogP contribution in [-0.2, 0) is 13.6 Å². The van der Waals surface area contributed by atoms with Crippen molar-refractivity contribution in [3.63, 3.8) is 0 Å². The number of aromatic nitrogens is 4. The molecule has 2 heterocycles. The summed E-state index contributed by atoms with van der Waals surface area (Å²) in [5, 5.41) is 4.77. The van der Waals surface area contributed by atoms with Gasteiger partial charge in [-0.25, -0.2) is 10.2 Å². The number of hydrogen-bond acceptors (Lipinski definition) is 6. The molecule has 0 spiro atoms. The highest BCUT2D eigenvalue weighted by atomic mass is 35.5. The number of H-pyrrole nitrogens is 1. The van der Waals surface area contributed by atoms with Crippen molar-refractivity contribution in [1.29, 1.82) is 0 Å². The van der Waals surface area contributed by atoms with Gasteiger partial charge in [0.05, 0.1) is 12.8 Å². The Balaban J connectivity index is 1.95. The van der Waals surface area contributed by atoms with Crippen molar-refractivity contribution in [2.45, 2.75) is 20.4 Å². The molecule has 0 radical (unpaired) electrons. The molecule has 3 rings (SSSR count). The van der Waals surface area contributed by atoms with Crippen molar-refractivity contribution in [3.8, 4) is 5.75 Å². The number of nitrogens with one attached hydrogen (secondary N) is 2. The molecule has 0 bridgehead atoms. The summed E-state index contributed by atoms with van der Waals surface area (Å²) in [6.45, 7) is 4.54. The van der Waals surface area contributed by atoms with Gasteiger partial charge in [0.25, 0.3) is 5.56 Å². The van der Waals surface area contributed by atoms with Crippen LogP contribution in [0, 0.1) is 0 Å². The van der Waals surface area contributed by atoms with E-state index in [2.05, 4.69) is 20.5 Å². The molecule has 0 saturated heterocycles. The molecule has 0 aliphatic rings. The van der Waals surface area contributed by atoms with Gasteiger partial charge in [0, 0.05) is 18.6 Å². The molecule has 0 amide bonds. The number of hydrazone groups is 1. The van der Waals surface area contributed by atoms with Crippen molar-refractivity contribution < 1.29 is 4.74 Å². The van der Waals surface area contributed by atoms with Crippen LogP contribution >= 0.6 is 11.6 Å². The Kier molecular flexibility index (Phi) is 6.18. The quantitative estimate of drug-likeness (QED) is 0.454. The molecule has 2 N–H and O–H groups in total. The van der Waals surface area contributed by atoms with Crippen molar-refractivity contribution in [1.82, 2.24) is 19.1 Å². The largest absolute Gasteiger partial charge is 0.494 e. The maximum Gasteiger partial charge on any atom is 0.329 e. The van der Waals surface area contributed by atoms with Gasteiger partial charge in [0.2, 0.25) is 5.95 Å². The molecule has 0 saturated carbocycles. The topological polar surface area (TPSA) is 106 Å². The predicted molar refractivity (Wildman–Crippen MR) is 114 cm³/mol. The number of anilines is 1. The molecular formula is C19H21ClN6O3. The molecule has 29 heavy (non-hydrogen) atoms. The number of fused-ring (bicyclic) bond motifs is 1. The predicted octanol–water partition coefficient (Wildman–Crippen LogP) is 2.41. The Morgan fingerprint density at radius 3 is 2.72 bits per heavy atom. The van der Waals surface area contributed by atoms with Gasteiger partial charge in [0.1, 0.15) is 5.75 Å². The van der Waals surface area contributed by atoms with Crippen molar-refractivity contribution in [3.05, 3.63) is 61.8 Å². The summed E-state index contributed by atoms with van der Waals surface area (Å²) < 4.78 is 8.29. The van der Waals surface area contributed by atoms with Crippen LogP contribution in [0.1, 0.15) is 19.4 Å². The summed E-state index contributed by atoms with van der Waals surface area (Å²) in [4.78, 5) is 30.9. The third kappa shape index (κ3) is 4.57. The highest BCUT2D eigenvalue weighted by Crippen LogP contribution is 2.16. The van der Waals surface area contributed by atoms with Crippen LogP contribution in [0.4, 0.5) is 5.95 Å². The van der Waals surface area contributed by atoms with E-state index in [4.69, 9.17) is 16.3 Å². The van der Waals surface area contributed by atoms with Gasteiger partial charge in [0.15, 0.2) is 11.2 Å². The third-order valence-corrected chi connectivity index (χ3v) is 4.29. The normalized spacial score (nSPS) is 12.1. The summed E-state index contributed by atoms with van der Waals surface area (Å²) in [7, 11) is 1.54. The second-order valence-corrected chi connectivity index (χ2v) is 6.80. The Bertz CT molecular complexity index is 1180. The zero-order chi connectivity index (χ0) is 21.0. The van der Waals surface area contributed by atoms with Crippen LogP contribution in [-0.4, -0.2) is 31.9 Å². The third-order valence-electron chi connectivity index (χ3n) is 4.13. The summed E-state index contributed by atoms with van der Waals surface area (Å²) in [6.07, 6.45) is 3.35. The van der Waals surface area contributed by atoms with Crippen LogP contribution in [0.15, 0.2) is 50.1 Å². The number of hydrogen-bond donors (Lipinski definition) is 2. The first-order valence-electron chi connectivity index (χ1n) is 8.94. The number of ether oxygens (including phenoxy) is 1. The van der Waals surface area contributed by atoms with Crippen LogP contribution in [0.3, 0.4) is 0 Å². The number of halogens is 1. The second-order valence-electron chi connectivity index (χ2n) is 6.20. The van der Waals surface area contributed by atoms with Gasteiger partial charge < -0.3 is 4.74 Å². The molecule has 2 aromatic heterocycles. The van der Waals surface area contributed by atoms with Crippen molar-refractivity contribution in [2.24, 2.45) is 12.1 Å². The van der Waals surface area contributed by atoms with E-state index >= 15 is 0 Å². The average Bonchev–Trinajstić information content (AvgIpc) is 3.05. The molecule has 9 nitrogen and oxygen atoms in total. The van der Waals surface area contributed by atoms with Gasteiger partial charge in [-0.1, -0.05) is 17.7 Å². The fourth-order valence-electron chi connectivity index (χ4n) is 2.70. The Labute approximate surface area is 171 Å². The SMILES string of the molecule is CCOc1ccc(C=NNc2nc3c(c(=O)[nH]c(=O)n3C)n2CC=C(C)Cl)cc1. The first kappa shape index (κ1) is 20.4. The van der Waals surface area contributed by atoms with Crippen molar-refractivity contribution in [2.75, 3.05) is 12.0 Å². The number of nitrogens with zero attached hydrogens (tertiary/aromatic N) is 4. The lowest BCUT2D eigenvalue weighted by Crippen LogP contribution is -2.29. The molecule has 1 aromatic carbocycles. The monoisotopic (exact) mass is 416 g/mol. The smallest absolute Gasteiger partial charge is 0.329 e. The van der Waals surface area contributed by atoms with E-state index in [1.807, 2.05) is 31.2 Å². The van der Waals surface area contributed by atoms with Gasteiger partial charge >= 0.3 is 5.69 Å². The Hall–Kier alpha value is -3.33. The number of aromatic amines is 1. The standard InChI is InChI=1S/C19H21ClN6O3/c1-4-29-14-7-5-13(6-8-14)11-21-24-18-22-16-15(26(18)10-9-12(2)20)17(27)23-19(28)25(16)3/h5-9,11H,4,10H2,1-3H3,(H,22,24)(H,23,27,28). The fraction of sp³-hybridized carbons (Fsp3) is 0.263. The van der Waals surface area contributed by atoms with Gasteiger partial charge in [-0.05, 0) is 43.7 Å². The van der Waals surface area contributed by atoms with Gasteiger partial charge in [-0.15, -0.1) is 0 Å². The summed E-state index contributed by atoms with van der Waals surface area (Å²) in [5.74, 6) is 1.09. The first-order valence-corrected chi connectivity index (χ1v) is 9.32. The number of rotatable bonds is 7. The van der Waals surface area contributed by atoms with E-state index in [0.717, 1.165) is 11.3 Å². The number of imidazole rings is 1. The molecule has 0 atom stereocenters. The maximum atomic E-state index is 12.3. The molecule has 0 aliphatic heterocycles. The van der Waals surface area contributed by atoms with Crippen LogP contribution in [0.5, 0.6) is 5.75 Å². The van der Waals surface area contributed by atoms with E-state index in [9.17, 15) is 9.59 Å². The van der Waals surface area contributed by atoms with E-state index in [1.54, 1.807) is 23.8 Å². The van der Waals surface area contributed by atoms with E-state index in [-0.39, 0.29) is 17.7 Å². The maximum absolute atomic E-state index is 12.3. The summed E-state index contributed by atoms with van der Waals surface area (Å²) in [6, 6.07) is 7.44. The van der Waals surface area contributed by atoms with E-state index in [0.29, 0.717) is 17.6 Å². The zero-order valence-electron chi connectivity index (χ0n) is 16.3. The molecule has 0 unspecified atom stereocenters. The molecule has 0 fully saturated rings. The van der Waals surface area contributed by atoms with E-state index in [1.165, 1.54) is 11.6 Å². The number of allylic oxidation sites excluding steroid dienone is 2. The lowest BCUT2D eigenvalue weighted by atomic mass is 10.2. The molecule has 152 valence electrons. The van der Waals surface area contributed by atoms with Crippen LogP contribution in [0.2, 0.25) is 0 Å². The molecular weight excluding hydrogens is 396 g/mol. The fourth-order valence-corrected chi connectivity index (χ4v) is 2.77.